The van der Waals surface area contributed by atoms with Crippen LogP contribution in [-0.2, 0) is 17.8 Å². The SMILES string of the molecule is COc1ccc2c(c1)CN(C(=O)[C@@H]1C[C@@H]3CCCC[C@@H]3N1C(=O)c1cccc(Cl)c1)CC2. The summed E-state index contributed by atoms with van der Waals surface area (Å²) >= 11 is 6.17. The highest BCUT2D eigenvalue weighted by Gasteiger charge is 2.48. The van der Waals surface area contributed by atoms with Gasteiger partial charge in [-0.1, -0.05) is 36.6 Å². The van der Waals surface area contributed by atoms with Crippen molar-refractivity contribution in [1.29, 1.82) is 0 Å². The molecule has 2 aliphatic heterocycles. The van der Waals surface area contributed by atoms with Crippen LogP contribution in [0.1, 0.15) is 53.6 Å². The highest BCUT2D eigenvalue weighted by molar-refractivity contribution is 6.31. The molecule has 3 atom stereocenters. The lowest BCUT2D eigenvalue weighted by atomic mass is 9.84. The molecule has 1 aliphatic carbocycles. The fourth-order valence-electron chi connectivity index (χ4n) is 5.80. The number of halogens is 1. The first-order valence-corrected chi connectivity index (χ1v) is 12.0. The number of carbonyl (C=O) groups excluding carboxylic acids is 2. The van der Waals surface area contributed by atoms with Gasteiger partial charge in [0, 0.05) is 29.7 Å². The molecule has 32 heavy (non-hydrogen) atoms. The van der Waals surface area contributed by atoms with Gasteiger partial charge in [0.1, 0.15) is 11.8 Å². The third kappa shape index (κ3) is 3.88. The van der Waals surface area contributed by atoms with E-state index in [-0.39, 0.29) is 17.9 Å². The number of ether oxygens (including phenoxy) is 1. The quantitative estimate of drug-likeness (QED) is 0.677. The summed E-state index contributed by atoms with van der Waals surface area (Å²) in [5.41, 5.74) is 2.96. The van der Waals surface area contributed by atoms with Crippen molar-refractivity contribution in [1.82, 2.24) is 9.80 Å². The van der Waals surface area contributed by atoms with Crippen LogP contribution < -0.4 is 4.74 Å². The van der Waals surface area contributed by atoms with Crippen LogP contribution in [0, 0.1) is 5.92 Å². The Morgan fingerprint density at radius 2 is 1.91 bits per heavy atom. The molecule has 2 fully saturated rings. The Bertz CT molecular complexity index is 1040. The lowest BCUT2D eigenvalue weighted by Gasteiger charge is -2.36. The molecular weight excluding hydrogens is 424 g/mol. The molecule has 5 nitrogen and oxygen atoms in total. The fraction of sp³-hybridized carbons (Fsp3) is 0.462. The van der Waals surface area contributed by atoms with E-state index in [4.69, 9.17) is 16.3 Å². The molecule has 0 radical (unpaired) electrons. The molecule has 0 N–H and O–H groups in total. The monoisotopic (exact) mass is 452 g/mol. The summed E-state index contributed by atoms with van der Waals surface area (Å²) in [6.07, 6.45) is 5.94. The Balaban J connectivity index is 1.42. The van der Waals surface area contributed by atoms with E-state index in [1.165, 1.54) is 12.0 Å². The van der Waals surface area contributed by atoms with Crippen molar-refractivity contribution in [2.24, 2.45) is 5.92 Å². The standard InChI is InChI=1S/C26H29ClN2O3/c1-32-22-10-9-17-11-12-28(16-20(17)14-22)26(31)24-15-18-5-2-3-8-23(18)29(24)25(30)19-6-4-7-21(27)13-19/h4,6-7,9-10,13-14,18,23-24H,2-3,5,8,11-12,15-16H2,1H3/t18-,23-,24-/m0/s1. The number of hydrogen-bond acceptors (Lipinski definition) is 3. The molecule has 0 bridgehead atoms. The summed E-state index contributed by atoms with van der Waals surface area (Å²) in [4.78, 5) is 31.2. The number of methoxy groups -OCH3 is 1. The Hall–Kier alpha value is -2.53. The van der Waals surface area contributed by atoms with E-state index >= 15 is 0 Å². The largest absolute Gasteiger partial charge is 0.497 e. The summed E-state index contributed by atoms with van der Waals surface area (Å²) in [5.74, 6) is 1.21. The smallest absolute Gasteiger partial charge is 0.254 e. The van der Waals surface area contributed by atoms with Crippen molar-refractivity contribution in [2.45, 2.75) is 57.2 Å². The molecule has 2 aromatic rings. The van der Waals surface area contributed by atoms with Gasteiger partial charge >= 0.3 is 0 Å². The average molecular weight is 453 g/mol. The van der Waals surface area contributed by atoms with Gasteiger partial charge in [0.2, 0.25) is 5.91 Å². The van der Waals surface area contributed by atoms with Gasteiger partial charge in [-0.2, -0.15) is 0 Å². The van der Waals surface area contributed by atoms with Crippen LogP contribution in [0.4, 0.5) is 0 Å². The second-order valence-electron chi connectivity index (χ2n) is 9.23. The maximum Gasteiger partial charge on any atom is 0.254 e. The lowest BCUT2D eigenvalue weighted by Crippen LogP contribution is -2.51. The van der Waals surface area contributed by atoms with E-state index in [0.29, 0.717) is 29.6 Å². The second-order valence-corrected chi connectivity index (χ2v) is 9.67. The number of likely N-dealkylation sites (tertiary alicyclic amines) is 1. The first-order valence-electron chi connectivity index (χ1n) is 11.6. The van der Waals surface area contributed by atoms with Gasteiger partial charge in [-0.15, -0.1) is 0 Å². The minimum Gasteiger partial charge on any atom is -0.497 e. The minimum atomic E-state index is -0.401. The van der Waals surface area contributed by atoms with Gasteiger partial charge in [-0.3, -0.25) is 9.59 Å². The number of carbonyl (C=O) groups is 2. The van der Waals surface area contributed by atoms with Gasteiger partial charge in [0.15, 0.2) is 0 Å². The van der Waals surface area contributed by atoms with Gasteiger partial charge in [-0.25, -0.2) is 0 Å². The third-order valence-electron chi connectivity index (χ3n) is 7.42. The number of nitrogens with zero attached hydrogens (tertiary/aromatic N) is 2. The molecule has 2 amide bonds. The molecule has 0 unspecified atom stereocenters. The average Bonchev–Trinajstić information content (AvgIpc) is 3.22. The van der Waals surface area contributed by atoms with Crippen LogP contribution in [0.3, 0.4) is 0 Å². The summed E-state index contributed by atoms with van der Waals surface area (Å²) in [7, 11) is 1.66. The molecule has 1 saturated heterocycles. The van der Waals surface area contributed by atoms with E-state index in [2.05, 4.69) is 6.07 Å². The summed E-state index contributed by atoms with van der Waals surface area (Å²) in [6, 6.07) is 12.9. The molecule has 2 aromatic carbocycles. The van der Waals surface area contributed by atoms with E-state index in [0.717, 1.165) is 43.4 Å². The highest BCUT2D eigenvalue weighted by atomic mass is 35.5. The molecule has 6 heteroatoms. The molecule has 168 valence electrons. The molecule has 1 saturated carbocycles. The number of rotatable bonds is 3. The van der Waals surface area contributed by atoms with Crippen molar-refractivity contribution >= 4 is 23.4 Å². The van der Waals surface area contributed by atoms with Crippen LogP contribution in [0.25, 0.3) is 0 Å². The van der Waals surface area contributed by atoms with Crippen molar-refractivity contribution in [3.63, 3.8) is 0 Å². The fourth-order valence-corrected chi connectivity index (χ4v) is 5.99. The van der Waals surface area contributed by atoms with E-state index in [1.807, 2.05) is 21.9 Å². The molecule has 5 rings (SSSR count). The molecule has 3 aliphatic rings. The van der Waals surface area contributed by atoms with Crippen LogP contribution in [0.5, 0.6) is 5.75 Å². The lowest BCUT2D eigenvalue weighted by molar-refractivity contribution is -0.136. The van der Waals surface area contributed by atoms with Crippen molar-refractivity contribution in [3.8, 4) is 5.75 Å². The van der Waals surface area contributed by atoms with Crippen LogP contribution in [0.2, 0.25) is 5.02 Å². The zero-order chi connectivity index (χ0) is 22.2. The van der Waals surface area contributed by atoms with Gasteiger partial charge in [-0.05, 0) is 73.1 Å². The predicted octanol–water partition coefficient (Wildman–Crippen LogP) is 4.71. The summed E-state index contributed by atoms with van der Waals surface area (Å²) in [6.45, 7) is 1.25. The summed E-state index contributed by atoms with van der Waals surface area (Å²) in [5, 5.41) is 0.541. The van der Waals surface area contributed by atoms with Crippen molar-refractivity contribution in [3.05, 3.63) is 64.2 Å². The molecule has 2 heterocycles. The molecular formula is C26H29ClN2O3. The molecule has 0 spiro atoms. The minimum absolute atomic E-state index is 0.0701. The second kappa shape index (κ2) is 8.78. The number of hydrogen-bond donors (Lipinski definition) is 0. The summed E-state index contributed by atoms with van der Waals surface area (Å²) < 4.78 is 5.38. The Morgan fingerprint density at radius 1 is 1.06 bits per heavy atom. The number of benzene rings is 2. The van der Waals surface area contributed by atoms with Crippen molar-refractivity contribution < 1.29 is 14.3 Å². The Labute approximate surface area is 194 Å². The molecule has 0 aromatic heterocycles. The maximum absolute atomic E-state index is 13.8. The van der Waals surface area contributed by atoms with Gasteiger partial charge in [0.25, 0.3) is 5.91 Å². The van der Waals surface area contributed by atoms with Gasteiger partial charge < -0.3 is 14.5 Å². The predicted molar refractivity (Wildman–Crippen MR) is 124 cm³/mol. The normalized spacial score (nSPS) is 24.6. The maximum atomic E-state index is 13.8. The topological polar surface area (TPSA) is 49.9 Å². The first kappa shape index (κ1) is 21.3. The van der Waals surface area contributed by atoms with Gasteiger partial charge in [0.05, 0.1) is 7.11 Å². The van der Waals surface area contributed by atoms with Crippen LogP contribution in [-0.4, -0.2) is 47.4 Å². The van der Waals surface area contributed by atoms with E-state index < -0.39 is 6.04 Å². The third-order valence-corrected chi connectivity index (χ3v) is 7.65. The van der Waals surface area contributed by atoms with E-state index in [9.17, 15) is 9.59 Å². The number of fused-ring (bicyclic) bond motifs is 2. The zero-order valence-electron chi connectivity index (χ0n) is 18.4. The first-order chi connectivity index (χ1) is 15.5. The van der Waals surface area contributed by atoms with E-state index in [1.54, 1.807) is 31.4 Å². The highest BCUT2D eigenvalue weighted by Crippen LogP contribution is 2.41. The zero-order valence-corrected chi connectivity index (χ0v) is 19.2. The van der Waals surface area contributed by atoms with Crippen molar-refractivity contribution in [2.75, 3.05) is 13.7 Å². The Morgan fingerprint density at radius 3 is 2.72 bits per heavy atom. The van der Waals surface area contributed by atoms with Crippen LogP contribution in [0.15, 0.2) is 42.5 Å². The van der Waals surface area contributed by atoms with Crippen LogP contribution >= 0.6 is 11.6 Å². The number of amides is 2. The Kier molecular flexibility index (Phi) is 5.85.